The van der Waals surface area contributed by atoms with Gasteiger partial charge in [-0.3, -0.25) is 57.5 Å². The van der Waals surface area contributed by atoms with Crippen molar-refractivity contribution in [3.05, 3.63) is 24.3 Å². The third-order valence-corrected chi connectivity index (χ3v) is 15.9. The number of carbonyl (C=O) groups excluding carboxylic acids is 12. The van der Waals surface area contributed by atoms with Crippen LogP contribution in [0.2, 0.25) is 0 Å². The van der Waals surface area contributed by atoms with Gasteiger partial charge in [0.2, 0.25) is 59.1 Å². The van der Waals surface area contributed by atoms with Gasteiger partial charge in [-0.2, -0.15) is 0 Å². The van der Waals surface area contributed by atoms with Crippen molar-refractivity contribution >= 4 is 70.8 Å². The van der Waals surface area contributed by atoms with Gasteiger partial charge in [-0.05, 0) is 101 Å². The Labute approximate surface area is 513 Å². The SMILES string of the molecule is C=C(C)[C@@H]1NC(=O)[C@H](CC(C)C)N(C)C(=O)CN(C)C(=O)[C@H](C(C)C)NC(=O)[C@H](C(=O)[C@H](C)C/C=C/C)N(C)C(=O)[C@H](C(C)C)N(C)C(=O)[C@H](CC(C)C)N(C)C(=O)[C@H](CC(C)C)N(C)C(=O)[C@@H](C)NC(=O)[C@H](C)NC(=O)[C@H](CC(C)C)N(C)C1=O. The fourth-order valence-electron chi connectivity index (χ4n) is 10.5. The van der Waals surface area contributed by atoms with Crippen LogP contribution >= 0.6 is 0 Å². The third-order valence-electron chi connectivity index (χ3n) is 15.9. The van der Waals surface area contributed by atoms with E-state index in [9.17, 15) is 47.9 Å². The van der Waals surface area contributed by atoms with Crippen LogP contribution in [0.1, 0.15) is 150 Å². The number of allylic oxidation sites excluding steroid dienone is 2. The van der Waals surface area contributed by atoms with Crippen LogP contribution < -0.4 is 21.3 Å². The van der Waals surface area contributed by atoms with E-state index < -0.39 is 155 Å². The number of hydrogen-bond acceptors (Lipinski definition) is 12. The molecule has 86 heavy (non-hydrogen) atoms. The van der Waals surface area contributed by atoms with Crippen molar-refractivity contribution in [2.45, 2.75) is 210 Å². The second-order valence-electron chi connectivity index (χ2n) is 26.2. The summed E-state index contributed by atoms with van der Waals surface area (Å²) in [5.74, 6) is -11.4. The van der Waals surface area contributed by atoms with Gasteiger partial charge in [0.25, 0.3) is 5.91 Å². The quantitative estimate of drug-likeness (QED) is 0.135. The molecule has 0 unspecified atom stereocenters. The molecule has 0 radical (unpaired) electrons. The maximum atomic E-state index is 15.1. The van der Waals surface area contributed by atoms with E-state index in [2.05, 4.69) is 27.8 Å². The van der Waals surface area contributed by atoms with Crippen molar-refractivity contribution in [1.29, 1.82) is 0 Å². The topological polar surface area (TPSA) is 276 Å². The van der Waals surface area contributed by atoms with Crippen LogP contribution in [-0.4, -0.2) is 221 Å². The summed E-state index contributed by atoms with van der Waals surface area (Å²) >= 11 is 0. The van der Waals surface area contributed by atoms with Crippen LogP contribution in [0.5, 0.6) is 0 Å². The van der Waals surface area contributed by atoms with Crippen molar-refractivity contribution < 1.29 is 57.5 Å². The minimum Gasteiger partial charge on any atom is -0.343 e. The molecule has 0 aromatic rings. The number of likely N-dealkylation sites (N-methyl/N-ethyl adjacent to an activating group) is 7. The van der Waals surface area contributed by atoms with E-state index in [1.807, 2.05) is 55.4 Å². The summed E-state index contributed by atoms with van der Waals surface area (Å²) in [7, 11) is 9.71. The highest BCUT2D eigenvalue weighted by Crippen LogP contribution is 2.25. The van der Waals surface area contributed by atoms with Gasteiger partial charge in [-0.25, -0.2) is 0 Å². The van der Waals surface area contributed by atoms with Gasteiger partial charge in [0.05, 0.1) is 6.54 Å². The number of nitrogens with zero attached hydrogens (tertiary/aromatic N) is 7. The molecule has 1 rings (SSSR count). The summed E-state index contributed by atoms with van der Waals surface area (Å²) < 4.78 is 0. The predicted octanol–water partition coefficient (Wildman–Crippen LogP) is 3.64. The zero-order valence-electron chi connectivity index (χ0n) is 56.4. The molecule has 488 valence electrons. The molecule has 11 amide bonds. The molecule has 1 aliphatic heterocycles. The zero-order chi connectivity index (χ0) is 66.8. The van der Waals surface area contributed by atoms with E-state index >= 15 is 9.59 Å². The Morgan fingerprint density at radius 2 is 0.907 bits per heavy atom. The molecule has 23 heteroatoms. The molecule has 11 atom stereocenters. The van der Waals surface area contributed by atoms with Crippen LogP contribution in [0.25, 0.3) is 0 Å². The van der Waals surface area contributed by atoms with E-state index in [4.69, 9.17) is 0 Å². The molecule has 0 aliphatic carbocycles. The van der Waals surface area contributed by atoms with Gasteiger partial charge in [0.15, 0.2) is 11.8 Å². The van der Waals surface area contributed by atoms with E-state index in [1.54, 1.807) is 53.7 Å². The summed E-state index contributed by atoms with van der Waals surface area (Å²) in [6, 6.07) is -13.1. The maximum absolute atomic E-state index is 15.1. The number of amides is 11. The van der Waals surface area contributed by atoms with Gasteiger partial charge in [-0.1, -0.05) is 109 Å². The number of ketones is 1. The number of hydrogen-bond donors (Lipinski definition) is 4. The summed E-state index contributed by atoms with van der Waals surface area (Å²) in [6.45, 7) is 32.7. The number of carbonyl (C=O) groups is 12. The van der Waals surface area contributed by atoms with Crippen LogP contribution in [0, 0.1) is 41.4 Å². The number of nitrogens with one attached hydrogen (secondary N) is 4. The zero-order valence-corrected chi connectivity index (χ0v) is 56.4. The number of Topliss-reactive ketones (excluding diaryl/α,β-unsaturated/α-hetero) is 1. The molecule has 0 spiro atoms. The standard InChI is InChI=1S/C63H109N11O12/c1-26-27-28-41(16)53(76)52-57(80)67-49(38(10)11)61(84)68(19)33-48(75)69(20)44(29-34(2)3)56(79)66-50(39(12)13)62(85)70(21)45(30-35(4)5)55(78)64-42(17)54(77)65-43(18)58(81)71(22)46(31-36(6)7)59(82)72(23)47(32-37(8)9)60(83)73(24)51(40(14)15)63(86)74(52)25/h26-27,34-38,40-47,49-52H,12,28-33H2,1-11,13-25H3,(H,64,78)(H,65,77)(H,66,79)(H,67,80)/b27-26+/t41-,42+,43-,44+,45+,46+,47+,49+,50+,51+,52+/m1/s1. The Hall–Kier alpha value is -6.68. The molecule has 1 aliphatic rings. The van der Waals surface area contributed by atoms with Crippen molar-refractivity contribution in [3.8, 4) is 0 Å². The predicted molar refractivity (Wildman–Crippen MR) is 332 cm³/mol. The van der Waals surface area contributed by atoms with Crippen LogP contribution in [-0.2, 0) is 57.5 Å². The molecule has 1 fully saturated rings. The third kappa shape index (κ3) is 21.3. The lowest BCUT2D eigenvalue weighted by Crippen LogP contribution is -2.63. The Bertz CT molecular complexity index is 2460. The van der Waals surface area contributed by atoms with E-state index in [1.165, 1.54) is 94.6 Å². The van der Waals surface area contributed by atoms with Gasteiger partial charge in [0, 0.05) is 55.3 Å². The van der Waals surface area contributed by atoms with Crippen molar-refractivity contribution in [2.24, 2.45) is 41.4 Å². The molecule has 0 aromatic carbocycles. The smallest absolute Gasteiger partial charge is 0.251 e. The van der Waals surface area contributed by atoms with Crippen molar-refractivity contribution in [2.75, 3.05) is 55.9 Å². The molecule has 0 aromatic heterocycles. The highest BCUT2D eigenvalue weighted by molar-refractivity contribution is 6.10. The first-order valence-electron chi connectivity index (χ1n) is 30.4. The van der Waals surface area contributed by atoms with Crippen LogP contribution in [0.4, 0.5) is 0 Å². The summed E-state index contributed by atoms with van der Waals surface area (Å²) in [5.41, 5.74) is 0.207. The van der Waals surface area contributed by atoms with E-state index in [-0.39, 0.29) is 61.3 Å². The molecule has 1 saturated heterocycles. The first-order chi connectivity index (χ1) is 39.6. The Morgan fingerprint density at radius 3 is 1.35 bits per heavy atom. The van der Waals surface area contributed by atoms with Gasteiger partial charge < -0.3 is 55.6 Å². The molecule has 1 heterocycles. The van der Waals surface area contributed by atoms with Crippen LogP contribution in [0.15, 0.2) is 24.3 Å². The van der Waals surface area contributed by atoms with E-state index in [0.717, 1.165) is 9.80 Å². The first-order valence-corrected chi connectivity index (χ1v) is 30.4. The number of rotatable bonds is 15. The Balaban J connectivity index is 4.37. The highest BCUT2D eigenvalue weighted by Gasteiger charge is 2.46. The van der Waals surface area contributed by atoms with Gasteiger partial charge >= 0.3 is 0 Å². The largest absolute Gasteiger partial charge is 0.343 e. The Kier molecular flexibility index (Phi) is 31.1. The molecular formula is C63H109N11O12. The fourth-order valence-corrected chi connectivity index (χ4v) is 10.5. The lowest BCUT2D eigenvalue weighted by Gasteiger charge is -2.41. The summed E-state index contributed by atoms with van der Waals surface area (Å²) in [4.78, 5) is 183. The highest BCUT2D eigenvalue weighted by atomic mass is 16.2. The molecule has 23 nitrogen and oxygen atoms in total. The van der Waals surface area contributed by atoms with E-state index in [0.29, 0.717) is 0 Å². The fraction of sp³-hybridized carbons (Fsp3) is 0.746. The molecule has 0 saturated carbocycles. The minimum atomic E-state index is -1.82. The lowest BCUT2D eigenvalue weighted by atomic mass is 9.92. The average molecular weight is 1210 g/mol. The maximum Gasteiger partial charge on any atom is 0.251 e. The minimum absolute atomic E-state index is 0.115. The Morgan fingerprint density at radius 1 is 0.488 bits per heavy atom. The second-order valence-corrected chi connectivity index (χ2v) is 26.2. The van der Waals surface area contributed by atoms with Gasteiger partial charge in [-0.15, -0.1) is 0 Å². The molecule has 4 N–H and O–H groups in total. The van der Waals surface area contributed by atoms with Crippen molar-refractivity contribution in [1.82, 2.24) is 55.6 Å². The molecule has 0 bridgehead atoms. The lowest BCUT2D eigenvalue weighted by molar-refractivity contribution is -0.157. The van der Waals surface area contributed by atoms with Crippen molar-refractivity contribution in [3.63, 3.8) is 0 Å². The molecular weight excluding hydrogens is 1100 g/mol. The average Bonchev–Trinajstić information content (AvgIpc) is 2.69. The summed E-state index contributed by atoms with van der Waals surface area (Å²) in [6.07, 6.45) is 4.20. The second kappa shape index (κ2) is 34.6. The first kappa shape index (κ1) is 77.3. The summed E-state index contributed by atoms with van der Waals surface area (Å²) in [5, 5.41) is 10.8. The van der Waals surface area contributed by atoms with Crippen LogP contribution in [0.3, 0.4) is 0 Å². The normalized spacial score (nSPS) is 26.3. The monoisotopic (exact) mass is 1210 g/mol. The van der Waals surface area contributed by atoms with Gasteiger partial charge in [0.1, 0.15) is 54.4 Å².